The maximum absolute atomic E-state index is 5.57. The number of hydrogen-bond donors (Lipinski definition) is 2. The van der Waals surface area contributed by atoms with Crippen LogP contribution in [0, 0.1) is 12.8 Å². The molecule has 0 saturated carbocycles. The first-order chi connectivity index (χ1) is 9.58. The minimum atomic E-state index is 0.572. The lowest BCUT2D eigenvalue weighted by Crippen LogP contribution is -2.15. The fourth-order valence-electron chi connectivity index (χ4n) is 1.79. The van der Waals surface area contributed by atoms with Crippen molar-refractivity contribution < 1.29 is 4.74 Å². The Bertz CT molecular complexity index is 407. The van der Waals surface area contributed by atoms with E-state index in [0.29, 0.717) is 12.5 Å². The Kier molecular flexibility index (Phi) is 7.30. The zero-order valence-corrected chi connectivity index (χ0v) is 13.4. The third-order valence-electron chi connectivity index (χ3n) is 2.84. The highest BCUT2D eigenvalue weighted by Crippen LogP contribution is 2.19. The van der Waals surface area contributed by atoms with E-state index in [1.165, 1.54) is 0 Å². The van der Waals surface area contributed by atoms with Gasteiger partial charge in [0.1, 0.15) is 17.5 Å². The number of hydrogen-bond acceptors (Lipinski definition) is 5. The van der Waals surface area contributed by atoms with Crippen molar-refractivity contribution in [3.8, 4) is 0 Å². The van der Waals surface area contributed by atoms with Gasteiger partial charge in [-0.2, -0.15) is 0 Å². The van der Waals surface area contributed by atoms with Gasteiger partial charge in [-0.25, -0.2) is 9.97 Å². The fraction of sp³-hybridized carbons (Fsp3) is 0.733. The summed E-state index contributed by atoms with van der Waals surface area (Å²) < 4.78 is 5.57. The minimum Gasteiger partial charge on any atom is -0.379 e. The molecule has 20 heavy (non-hydrogen) atoms. The van der Waals surface area contributed by atoms with Crippen LogP contribution in [0.15, 0.2) is 0 Å². The van der Waals surface area contributed by atoms with Gasteiger partial charge in [0, 0.05) is 31.7 Å². The molecular weight excluding hydrogens is 252 g/mol. The van der Waals surface area contributed by atoms with Gasteiger partial charge in [0.2, 0.25) is 0 Å². The average Bonchev–Trinajstić information content (AvgIpc) is 2.42. The predicted molar refractivity (Wildman–Crippen MR) is 84.5 cm³/mol. The van der Waals surface area contributed by atoms with E-state index in [0.717, 1.165) is 49.1 Å². The van der Waals surface area contributed by atoms with Crippen molar-refractivity contribution in [1.82, 2.24) is 9.97 Å². The molecule has 1 aromatic rings. The Morgan fingerprint density at radius 1 is 1.10 bits per heavy atom. The topological polar surface area (TPSA) is 59.1 Å². The molecule has 0 saturated heterocycles. The lowest BCUT2D eigenvalue weighted by molar-refractivity contribution is 0.118. The second-order valence-electron chi connectivity index (χ2n) is 5.24. The quantitative estimate of drug-likeness (QED) is 0.681. The lowest BCUT2D eigenvalue weighted by atomic mass is 10.2. The normalized spacial score (nSPS) is 10.9. The Hall–Kier alpha value is -1.36. The van der Waals surface area contributed by atoms with Crippen LogP contribution in [0.1, 0.15) is 39.1 Å². The number of ether oxygens (including phenoxy) is 1. The number of aromatic nitrogens is 2. The van der Waals surface area contributed by atoms with Gasteiger partial charge in [-0.05, 0) is 19.8 Å². The van der Waals surface area contributed by atoms with Crippen LogP contribution in [0.5, 0.6) is 0 Å². The third kappa shape index (κ3) is 5.33. The van der Waals surface area contributed by atoms with Crippen molar-refractivity contribution in [2.75, 3.05) is 36.9 Å². The van der Waals surface area contributed by atoms with E-state index in [-0.39, 0.29) is 0 Å². The third-order valence-corrected chi connectivity index (χ3v) is 2.84. The zero-order chi connectivity index (χ0) is 15.0. The Labute approximate surface area is 122 Å². The van der Waals surface area contributed by atoms with Crippen molar-refractivity contribution in [1.29, 1.82) is 0 Å². The van der Waals surface area contributed by atoms with Gasteiger partial charge in [-0.15, -0.1) is 0 Å². The van der Waals surface area contributed by atoms with Gasteiger partial charge in [0.25, 0.3) is 0 Å². The van der Waals surface area contributed by atoms with Gasteiger partial charge in [0.15, 0.2) is 0 Å². The highest BCUT2D eigenvalue weighted by Gasteiger charge is 2.09. The van der Waals surface area contributed by atoms with Gasteiger partial charge in [-0.1, -0.05) is 20.8 Å². The number of anilines is 2. The summed E-state index contributed by atoms with van der Waals surface area (Å²) in [7, 11) is 0. The van der Waals surface area contributed by atoms with Crippen LogP contribution in [0.25, 0.3) is 0 Å². The van der Waals surface area contributed by atoms with Crippen LogP contribution >= 0.6 is 0 Å². The molecule has 0 amide bonds. The average molecular weight is 280 g/mol. The number of nitrogens with zero attached hydrogens (tertiary/aromatic N) is 2. The maximum Gasteiger partial charge on any atom is 0.134 e. The molecule has 1 rings (SSSR count). The van der Waals surface area contributed by atoms with Gasteiger partial charge in [-0.3, -0.25) is 0 Å². The van der Waals surface area contributed by atoms with Gasteiger partial charge >= 0.3 is 0 Å². The molecule has 0 spiro atoms. The SMILES string of the molecule is CCNc1nc(CC)nc(NCCOCC(C)C)c1C. The monoisotopic (exact) mass is 280 g/mol. The van der Waals surface area contributed by atoms with Crippen LogP contribution in [-0.4, -0.2) is 36.3 Å². The summed E-state index contributed by atoms with van der Waals surface area (Å²) in [6, 6.07) is 0. The van der Waals surface area contributed by atoms with Crippen molar-refractivity contribution in [3.05, 3.63) is 11.4 Å². The number of nitrogens with one attached hydrogen (secondary N) is 2. The Morgan fingerprint density at radius 2 is 1.75 bits per heavy atom. The molecule has 0 aliphatic rings. The van der Waals surface area contributed by atoms with Crippen molar-refractivity contribution >= 4 is 11.6 Å². The molecule has 2 N–H and O–H groups in total. The summed E-state index contributed by atoms with van der Waals surface area (Å²) in [6.07, 6.45) is 0.831. The molecule has 0 bridgehead atoms. The Balaban J connectivity index is 2.61. The highest BCUT2D eigenvalue weighted by molar-refractivity contribution is 5.57. The van der Waals surface area contributed by atoms with Crippen molar-refractivity contribution in [2.45, 2.75) is 41.0 Å². The first kappa shape index (κ1) is 16.7. The smallest absolute Gasteiger partial charge is 0.134 e. The molecule has 0 aliphatic heterocycles. The summed E-state index contributed by atoms with van der Waals surface area (Å²) in [5.74, 6) is 3.26. The number of rotatable bonds is 9. The van der Waals surface area contributed by atoms with E-state index in [2.05, 4.69) is 48.3 Å². The largest absolute Gasteiger partial charge is 0.379 e. The summed E-state index contributed by atoms with van der Waals surface area (Å²) in [5.41, 5.74) is 1.06. The second-order valence-corrected chi connectivity index (χ2v) is 5.24. The molecule has 0 atom stereocenters. The standard InChI is InChI=1S/C15H28N4O/c1-6-13-18-14(16-7-2)12(5)15(19-13)17-8-9-20-10-11(3)4/h11H,6-10H2,1-5H3,(H2,16,17,18,19). The summed E-state index contributed by atoms with van der Waals surface area (Å²) in [4.78, 5) is 9.06. The molecule has 5 heteroatoms. The van der Waals surface area contributed by atoms with E-state index in [1.807, 2.05) is 6.92 Å². The summed E-state index contributed by atoms with van der Waals surface area (Å²) in [6.45, 7) is 13.6. The van der Waals surface area contributed by atoms with Crippen LogP contribution in [0.4, 0.5) is 11.6 Å². The Morgan fingerprint density at radius 3 is 2.30 bits per heavy atom. The van der Waals surface area contributed by atoms with E-state index >= 15 is 0 Å². The van der Waals surface area contributed by atoms with Crippen LogP contribution < -0.4 is 10.6 Å². The van der Waals surface area contributed by atoms with Crippen LogP contribution in [0.2, 0.25) is 0 Å². The van der Waals surface area contributed by atoms with Crippen molar-refractivity contribution in [2.24, 2.45) is 5.92 Å². The molecule has 114 valence electrons. The van der Waals surface area contributed by atoms with Gasteiger partial charge < -0.3 is 15.4 Å². The fourth-order valence-corrected chi connectivity index (χ4v) is 1.79. The van der Waals surface area contributed by atoms with E-state index in [9.17, 15) is 0 Å². The predicted octanol–water partition coefficient (Wildman–Crippen LogP) is 2.86. The summed E-state index contributed by atoms with van der Waals surface area (Å²) in [5, 5.41) is 6.63. The molecule has 5 nitrogen and oxygen atoms in total. The second kappa shape index (κ2) is 8.74. The van der Waals surface area contributed by atoms with Crippen LogP contribution in [0.3, 0.4) is 0 Å². The van der Waals surface area contributed by atoms with E-state index in [4.69, 9.17) is 4.74 Å². The first-order valence-corrected chi connectivity index (χ1v) is 7.51. The summed E-state index contributed by atoms with van der Waals surface area (Å²) >= 11 is 0. The molecule has 0 unspecified atom stereocenters. The first-order valence-electron chi connectivity index (χ1n) is 7.51. The molecular formula is C15H28N4O. The highest BCUT2D eigenvalue weighted by atomic mass is 16.5. The van der Waals surface area contributed by atoms with Crippen molar-refractivity contribution in [3.63, 3.8) is 0 Å². The molecule has 0 aromatic carbocycles. The molecule has 0 fully saturated rings. The number of aryl methyl sites for hydroxylation is 1. The lowest BCUT2D eigenvalue weighted by Gasteiger charge is -2.14. The maximum atomic E-state index is 5.57. The molecule has 1 aromatic heterocycles. The zero-order valence-electron chi connectivity index (χ0n) is 13.4. The van der Waals surface area contributed by atoms with E-state index < -0.39 is 0 Å². The van der Waals surface area contributed by atoms with Crippen LogP contribution in [-0.2, 0) is 11.2 Å². The molecule has 0 aliphatic carbocycles. The minimum absolute atomic E-state index is 0.572. The molecule has 1 heterocycles. The van der Waals surface area contributed by atoms with Gasteiger partial charge in [0.05, 0.1) is 6.61 Å². The van der Waals surface area contributed by atoms with E-state index in [1.54, 1.807) is 0 Å². The molecule has 0 radical (unpaired) electrons.